The lowest BCUT2D eigenvalue weighted by molar-refractivity contribution is 0.0693. The summed E-state index contributed by atoms with van der Waals surface area (Å²) in [4.78, 5) is 26.1. The number of rotatable bonds is 12. The second kappa shape index (κ2) is 14.1. The van der Waals surface area contributed by atoms with Gasteiger partial charge >= 0.3 is 12.2 Å². The number of carbonyl (C=O) groups is 2. The van der Waals surface area contributed by atoms with E-state index in [-0.39, 0.29) is 19.8 Å². The molecule has 2 aromatic carbocycles. The number of nitrogens with two attached hydrogens (primary N) is 1. The summed E-state index contributed by atoms with van der Waals surface area (Å²) in [6.45, 7) is 2.75. The molecule has 2 amide bonds. The quantitative estimate of drug-likeness (QED) is 0.516. The molecule has 0 atom stereocenters. The van der Waals surface area contributed by atoms with Crippen molar-refractivity contribution in [2.45, 2.75) is 32.5 Å². The largest absolute Gasteiger partial charge is 0.444 e. The van der Waals surface area contributed by atoms with E-state index in [1.807, 2.05) is 60.7 Å². The Kier molecular flexibility index (Phi) is 11.0. The number of unbranched alkanes of at least 4 members (excludes halogenated alkanes) is 1. The van der Waals surface area contributed by atoms with E-state index in [2.05, 4.69) is 5.32 Å². The first kappa shape index (κ1) is 23.4. The Morgan fingerprint density at radius 2 is 1.27 bits per heavy atom. The summed E-state index contributed by atoms with van der Waals surface area (Å²) < 4.78 is 10.7. The third-order valence-electron chi connectivity index (χ3n) is 4.39. The maximum absolute atomic E-state index is 12.5. The predicted molar refractivity (Wildman–Crippen MR) is 116 cm³/mol. The van der Waals surface area contributed by atoms with E-state index < -0.39 is 12.2 Å². The minimum Gasteiger partial charge on any atom is -0.444 e. The van der Waals surface area contributed by atoms with Crippen LogP contribution in [0.2, 0.25) is 0 Å². The highest BCUT2D eigenvalue weighted by atomic mass is 16.6. The summed E-state index contributed by atoms with van der Waals surface area (Å²) >= 11 is 0. The Morgan fingerprint density at radius 3 is 1.77 bits per heavy atom. The number of amides is 2. The normalized spacial score (nSPS) is 10.4. The summed E-state index contributed by atoms with van der Waals surface area (Å²) in [5, 5.41) is 3.28. The molecule has 0 spiro atoms. The highest BCUT2D eigenvalue weighted by Crippen LogP contribution is 2.08. The van der Waals surface area contributed by atoms with E-state index in [0.29, 0.717) is 13.0 Å². The third kappa shape index (κ3) is 9.07. The number of nitrogens with one attached hydrogen (secondary N) is 1. The molecule has 0 unspecified atom stereocenters. The Hall–Kier alpha value is -2.90. The summed E-state index contributed by atoms with van der Waals surface area (Å²) in [6, 6.07) is 18.7. The van der Waals surface area contributed by atoms with Gasteiger partial charge in [0.2, 0.25) is 0 Å². The molecule has 0 saturated carbocycles. The maximum atomic E-state index is 12.5. The second-order valence-corrected chi connectivity index (χ2v) is 6.83. The number of hydrogen-bond acceptors (Lipinski definition) is 6. The lowest BCUT2D eigenvalue weighted by atomic mass is 10.2. The van der Waals surface area contributed by atoms with E-state index in [1.54, 1.807) is 0 Å². The average molecular weight is 414 g/mol. The van der Waals surface area contributed by atoms with Crippen molar-refractivity contribution < 1.29 is 19.1 Å². The Labute approximate surface area is 178 Å². The van der Waals surface area contributed by atoms with Crippen LogP contribution in [0.5, 0.6) is 0 Å². The van der Waals surface area contributed by atoms with E-state index in [4.69, 9.17) is 15.2 Å². The van der Waals surface area contributed by atoms with Gasteiger partial charge in [-0.05, 0) is 50.0 Å². The topological polar surface area (TPSA) is 93.9 Å². The monoisotopic (exact) mass is 413 g/mol. The van der Waals surface area contributed by atoms with Crippen molar-refractivity contribution in [3.8, 4) is 0 Å². The van der Waals surface area contributed by atoms with Crippen molar-refractivity contribution in [1.82, 2.24) is 10.2 Å². The van der Waals surface area contributed by atoms with Gasteiger partial charge in [0, 0.05) is 6.54 Å². The van der Waals surface area contributed by atoms with Crippen molar-refractivity contribution in [3.63, 3.8) is 0 Å². The first-order valence-electron chi connectivity index (χ1n) is 10.3. The van der Waals surface area contributed by atoms with Gasteiger partial charge in [0.25, 0.3) is 0 Å². The highest BCUT2D eigenvalue weighted by Gasteiger charge is 2.24. The lowest BCUT2D eigenvalue weighted by Crippen LogP contribution is -2.38. The molecule has 0 fully saturated rings. The lowest BCUT2D eigenvalue weighted by Gasteiger charge is -2.20. The van der Waals surface area contributed by atoms with E-state index in [0.717, 1.165) is 42.0 Å². The molecule has 162 valence electrons. The second-order valence-electron chi connectivity index (χ2n) is 6.83. The smallest absolute Gasteiger partial charge is 0.419 e. The highest BCUT2D eigenvalue weighted by molar-refractivity contribution is 5.87. The Bertz CT molecular complexity index is 685. The molecule has 0 radical (unpaired) electrons. The van der Waals surface area contributed by atoms with Gasteiger partial charge in [-0.15, -0.1) is 0 Å². The molecule has 0 aliphatic rings. The molecule has 0 bridgehead atoms. The summed E-state index contributed by atoms with van der Waals surface area (Å²) in [5.41, 5.74) is 7.18. The minimum absolute atomic E-state index is 0.1000. The van der Waals surface area contributed by atoms with Crippen molar-refractivity contribution in [1.29, 1.82) is 0 Å². The summed E-state index contributed by atoms with van der Waals surface area (Å²) in [6.07, 6.45) is 0.986. The van der Waals surface area contributed by atoms with Crippen LogP contribution in [0.25, 0.3) is 0 Å². The predicted octanol–water partition coefficient (Wildman–Crippen LogP) is 3.68. The average Bonchev–Trinajstić information content (AvgIpc) is 2.79. The Balaban J connectivity index is 1.85. The number of imide groups is 1. The number of hydrogen-bond donors (Lipinski definition) is 2. The van der Waals surface area contributed by atoms with Crippen LogP contribution in [0.3, 0.4) is 0 Å². The van der Waals surface area contributed by atoms with Gasteiger partial charge in [-0.25, -0.2) is 14.5 Å². The van der Waals surface area contributed by atoms with Crippen LogP contribution in [0, 0.1) is 0 Å². The van der Waals surface area contributed by atoms with Crippen LogP contribution in [-0.2, 0) is 22.7 Å². The van der Waals surface area contributed by atoms with E-state index >= 15 is 0 Å². The van der Waals surface area contributed by atoms with Crippen LogP contribution in [0.4, 0.5) is 9.59 Å². The zero-order valence-corrected chi connectivity index (χ0v) is 17.3. The molecular formula is C23H31N3O4. The molecule has 7 nitrogen and oxygen atoms in total. The SMILES string of the molecule is NCCCNCCCCN(C(=O)OCc1ccccc1)C(=O)OCc1ccccc1. The Morgan fingerprint density at radius 1 is 0.767 bits per heavy atom. The zero-order chi connectivity index (χ0) is 21.4. The zero-order valence-electron chi connectivity index (χ0n) is 17.3. The minimum atomic E-state index is -0.701. The fourth-order valence-electron chi connectivity index (χ4n) is 2.72. The number of carbonyl (C=O) groups excluding carboxylic acids is 2. The summed E-state index contributed by atoms with van der Waals surface area (Å²) in [7, 11) is 0. The van der Waals surface area contributed by atoms with E-state index in [9.17, 15) is 9.59 Å². The van der Waals surface area contributed by atoms with E-state index in [1.165, 1.54) is 0 Å². The third-order valence-corrected chi connectivity index (χ3v) is 4.39. The van der Waals surface area contributed by atoms with Gasteiger partial charge in [-0.1, -0.05) is 60.7 Å². The van der Waals surface area contributed by atoms with Crippen LogP contribution < -0.4 is 11.1 Å². The van der Waals surface area contributed by atoms with Crippen molar-refractivity contribution in [2.24, 2.45) is 5.73 Å². The molecule has 0 aliphatic heterocycles. The summed E-state index contributed by atoms with van der Waals surface area (Å²) in [5.74, 6) is 0. The number of benzene rings is 2. The van der Waals surface area contributed by atoms with Gasteiger partial charge in [0.1, 0.15) is 13.2 Å². The van der Waals surface area contributed by atoms with Crippen molar-refractivity contribution in [3.05, 3.63) is 71.8 Å². The van der Waals surface area contributed by atoms with Gasteiger partial charge < -0.3 is 20.5 Å². The van der Waals surface area contributed by atoms with Crippen LogP contribution >= 0.6 is 0 Å². The molecule has 0 aromatic heterocycles. The first-order chi connectivity index (χ1) is 14.7. The molecule has 0 aliphatic carbocycles. The van der Waals surface area contributed by atoms with Crippen molar-refractivity contribution >= 4 is 12.2 Å². The molecule has 3 N–H and O–H groups in total. The maximum Gasteiger partial charge on any atom is 0.419 e. The molecule has 2 aromatic rings. The van der Waals surface area contributed by atoms with Gasteiger partial charge in [0.05, 0.1) is 0 Å². The van der Waals surface area contributed by atoms with Crippen LogP contribution in [-0.4, -0.2) is 43.3 Å². The molecule has 0 saturated heterocycles. The van der Waals surface area contributed by atoms with Crippen LogP contribution in [0.1, 0.15) is 30.4 Å². The molecule has 0 heterocycles. The van der Waals surface area contributed by atoms with Crippen LogP contribution in [0.15, 0.2) is 60.7 Å². The fraction of sp³-hybridized carbons (Fsp3) is 0.391. The van der Waals surface area contributed by atoms with Gasteiger partial charge in [0.15, 0.2) is 0 Å². The standard InChI is InChI=1S/C23H31N3O4/c24-14-9-16-25-15-7-8-17-26(22(27)29-18-20-10-3-1-4-11-20)23(28)30-19-21-12-5-2-6-13-21/h1-6,10-13,25H,7-9,14-19,24H2. The first-order valence-corrected chi connectivity index (χ1v) is 10.3. The van der Waals surface area contributed by atoms with Gasteiger partial charge in [-0.2, -0.15) is 0 Å². The molecule has 2 rings (SSSR count). The number of nitrogens with zero attached hydrogens (tertiary/aromatic N) is 1. The molecular weight excluding hydrogens is 382 g/mol. The van der Waals surface area contributed by atoms with Crippen molar-refractivity contribution in [2.75, 3.05) is 26.2 Å². The van der Waals surface area contributed by atoms with Gasteiger partial charge in [-0.3, -0.25) is 0 Å². The fourth-order valence-corrected chi connectivity index (χ4v) is 2.72. The number of ether oxygens (including phenoxy) is 2. The molecule has 30 heavy (non-hydrogen) atoms. The molecule has 7 heteroatoms.